The fourth-order valence-corrected chi connectivity index (χ4v) is 4.20. The highest BCUT2D eigenvalue weighted by molar-refractivity contribution is 8.03. The van der Waals surface area contributed by atoms with E-state index in [2.05, 4.69) is 0 Å². The molecule has 0 radical (unpaired) electrons. The molecule has 0 N–H and O–H groups in total. The van der Waals surface area contributed by atoms with Crippen LogP contribution in [-0.2, 0) is 11.3 Å². The molecule has 4 rings (SSSR count). The second-order valence-corrected chi connectivity index (χ2v) is 6.98. The van der Waals surface area contributed by atoms with Crippen molar-refractivity contribution in [1.82, 2.24) is 4.90 Å². The summed E-state index contributed by atoms with van der Waals surface area (Å²) in [6.07, 6.45) is 1.87. The minimum absolute atomic E-state index is 0.216. The van der Waals surface area contributed by atoms with E-state index in [0.717, 1.165) is 0 Å². The zero-order valence-corrected chi connectivity index (χ0v) is 14.0. The van der Waals surface area contributed by atoms with E-state index in [1.807, 2.05) is 17.6 Å². The highest BCUT2D eigenvalue weighted by atomic mass is 32.2. The monoisotopic (exact) mass is 354 g/mol. The van der Waals surface area contributed by atoms with E-state index in [9.17, 15) is 14.0 Å². The number of imide groups is 1. The topological polar surface area (TPSA) is 40.6 Å². The summed E-state index contributed by atoms with van der Waals surface area (Å²) in [7, 11) is 0. The molecule has 2 heterocycles. The minimum atomic E-state index is -0.381. The average Bonchev–Trinajstić information content (AvgIpc) is 3.10. The molecule has 126 valence electrons. The summed E-state index contributed by atoms with van der Waals surface area (Å²) in [6, 6.07) is 14.4. The van der Waals surface area contributed by atoms with Gasteiger partial charge in [0.1, 0.15) is 11.1 Å². The van der Waals surface area contributed by atoms with Gasteiger partial charge in [0, 0.05) is 6.54 Å². The van der Waals surface area contributed by atoms with Crippen LogP contribution in [-0.4, -0.2) is 28.1 Å². The van der Waals surface area contributed by atoms with Gasteiger partial charge in [-0.05, 0) is 35.2 Å². The van der Waals surface area contributed by atoms with Crippen LogP contribution in [0.5, 0.6) is 0 Å². The molecule has 25 heavy (non-hydrogen) atoms. The number of carbonyl (C=O) groups is 2. The third kappa shape index (κ3) is 2.82. The summed E-state index contributed by atoms with van der Waals surface area (Å²) in [4.78, 5) is 28.7. The van der Waals surface area contributed by atoms with Gasteiger partial charge < -0.3 is 4.90 Å². The number of rotatable bonds is 3. The van der Waals surface area contributed by atoms with Crippen LogP contribution in [0.4, 0.5) is 14.9 Å². The Morgan fingerprint density at radius 1 is 1.04 bits per heavy atom. The normalized spacial score (nSPS) is 22.4. The molecule has 1 saturated heterocycles. The first-order chi connectivity index (χ1) is 12.1. The van der Waals surface area contributed by atoms with Crippen molar-refractivity contribution in [1.29, 1.82) is 0 Å². The van der Waals surface area contributed by atoms with Gasteiger partial charge in [-0.3, -0.25) is 4.79 Å². The largest absolute Gasteiger partial charge is 0.332 e. The zero-order chi connectivity index (χ0) is 17.4. The van der Waals surface area contributed by atoms with Gasteiger partial charge in [0.15, 0.2) is 0 Å². The molecule has 2 aromatic carbocycles. The van der Waals surface area contributed by atoms with E-state index in [1.54, 1.807) is 41.3 Å². The van der Waals surface area contributed by atoms with Crippen LogP contribution in [0.2, 0.25) is 0 Å². The van der Waals surface area contributed by atoms with Gasteiger partial charge in [0.25, 0.3) is 5.91 Å². The van der Waals surface area contributed by atoms with Crippen molar-refractivity contribution in [2.75, 3.05) is 4.90 Å². The fraction of sp³-hybridized carbons (Fsp3) is 0.158. The number of halogens is 1. The van der Waals surface area contributed by atoms with Crippen molar-refractivity contribution >= 4 is 29.4 Å². The lowest BCUT2D eigenvalue weighted by molar-refractivity contribution is -0.119. The van der Waals surface area contributed by atoms with E-state index < -0.39 is 0 Å². The molecule has 2 unspecified atom stereocenters. The lowest BCUT2D eigenvalue weighted by Crippen LogP contribution is -2.61. The Labute approximate surface area is 148 Å². The Bertz CT molecular complexity index is 856. The van der Waals surface area contributed by atoms with Crippen LogP contribution in [0.1, 0.15) is 5.56 Å². The average molecular weight is 354 g/mol. The third-order valence-corrected chi connectivity index (χ3v) is 5.42. The highest BCUT2D eigenvalue weighted by Gasteiger charge is 2.47. The second-order valence-electron chi connectivity index (χ2n) is 5.93. The second kappa shape index (κ2) is 6.37. The Morgan fingerprint density at radius 2 is 1.84 bits per heavy atom. The van der Waals surface area contributed by atoms with E-state index in [0.29, 0.717) is 11.3 Å². The smallest absolute Gasteiger partial charge is 0.312 e. The third-order valence-electron chi connectivity index (χ3n) is 4.33. The Kier molecular flexibility index (Phi) is 4.05. The van der Waals surface area contributed by atoms with Crippen LogP contribution in [0.25, 0.3) is 0 Å². The quantitative estimate of drug-likeness (QED) is 0.842. The van der Waals surface area contributed by atoms with Crippen molar-refractivity contribution in [3.8, 4) is 0 Å². The Hall–Kier alpha value is -2.60. The van der Waals surface area contributed by atoms with Crippen LogP contribution >= 0.6 is 11.8 Å². The maximum atomic E-state index is 13.5. The zero-order valence-electron chi connectivity index (χ0n) is 13.2. The van der Waals surface area contributed by atoms with Gasteiger partial charge in [-0.15, -0.1) is 11.8 Å². The standard InChI is InChI=1S/C19H15FN2O2S/c20-14-6-4-5-13(11-14)12-21-16-9-10-25-17(16)18(23)22(19(21)24)15-7-2-1-3-8-15/h1-11,16-17H,12H2. The van der Waals surface area contributed by atoms with Gasteiger partial charge in [-0.1, -0.05) is 36.4 Å². The number of hydrogen-bond acceptors (Lipinski definition) is 3. The summed E-state index contributed by atoms with van der Waals surface area (Å²) in [6.45, 7) is 0.249. The minimum Gasteiger partial charge on any atom is -0.312 e. The van der Waals surface area contributed by atoms with E-state index >= 15 is 0 Å². The summed E-state index contributed by atoms with van der Waals surface area (Å²) < 4.78 is 13.5. The van der Waals surface area contributed by atoms with Crippen molar-refractivity contribution in [3.05, 3.63) is 77.5 Å². The molecule has 0 bridgehead atoms. The molecule has 1 fully saturated rings. The Balaban J connectivity index is 1.70. The first-order valence-corrected chi connectivity index (χ1v) is 8.85. The molecule has 2 aliphatic heterocycles. The van der Waals surface area contributed by atoms with Crippen LogP contribution in [0, 0.1) is 5.82 Å². The van der Waals surface area contributed by atoms with Crippen molar-refractivity contribution in [2.45, 2.75) is 17.8 Å². The van der Waals surface area contributed by atoms with Gasteiger partial charge >= 0.3 is 6.03 Å². The molecular formula is C19H15FN2O2S. The van der Waals surface area contributed by atoms with Crippen LogP contribution in [0.3, 0.4) is 0 Å². The predicted molar refractivity (Wildman–Crippen MR) is 95.6 cm³/mol. The van der Waals surface area contributed by atoms with Crippen molar-refractivity contribution in [2.24, 2.45) is 0 Å². The summed E-state index contributed by atoms with van der Waals surface area (Å²) in [5, 5.41) is 1.49. The lowest BCUT2D eigenvalue weighted by Gasteiger charge is -2.41. The van der Waals surface area contributed by atoms with Gasteiger partial charge in [0.2, 0.25) is 0 Å². The van der Waals surface area contributed by atoms with Crippen molar-refractivity contribution in [3.63, 3.8) is 0 Å². The number of para-hydroxylation sites is 1. The maximum Gasteiger partial charge on any atom is 0.332 e. The molecule has 3 amide bonds. The van der Waals surface area contributed by atoms with Crippen LogP contribution < -0.4 is 4.90 Å². The number of fused-ring (bicyclic) bond motifs is 1. The number of thioether (sulfide) groups is 1. The van der Waals surface area contributed by atoms with Crippen LogP contribution in [0.15, 0.2) is 66.1 Å². The first kappa shape index (κ1) is 15.9. The lowest BCUT2D eigenvalue weighted by atomic mass is 10.1. The summed E-state index contributed by atoms with van der Waals surface area (Å²) in [5.41, 5.74) is 1.24. The van der Waals surface area contributed by atoms with Gasteiger partial charge in [-0.2, -0.15) is 0 Å². The Morgan fingerprint density at radius 3 is 2.60 bits per heavy atom. The number of anilines is 1. The number of amides is 3. The number of urea groups is 1. The molecule has 2 aromatic rings. The molecule has 0 spiro atoms. The summed E-state index contributed by atoms with van der Waals surface area (Å²) in [5.74, 6) is -0.558. The fourth-order valence-electron chi connectivity index (χ4n) is 3.16. The van der Waals surface area contributed by atoms with Gasteiger partial charge in [0.05, 0.1) is 11.7 Å². The molecule has 4 nitrogen and oxygen atoms in total. The maximum absolute atomic E-state index is 13.5. The number of carbonyl (C=O) groups excluding carboxylic acids is 2. The first-order valence-electron chi connectivity index (χ1n) is 7.91. The van der Waals surface area contributed by atoms with E-state index in [-0.39, 0.29) is 35.6 Å². The molecule has 0 aliphatic carbocycles. The molecule has 2 aliphatic rings. The van der Waals surface area contributed by atoms with E-state index in [1.165, 1.54) is 28.8 Å². The molecule has 2 atom stereocenters. The molecule has 0 aromatic heterocycles. The van der Waals surface area contributed by atoms with Gasteiger partial charge in [-0.25, -0.2) is 14.1 Å². The number of nitrogens with zero attached hydrogens (tertiary/aromatic N) is 2. The predicted octanol–water partition coefficient (Wildman–Crippen LogP) is 3.79. The molecule has 6 heteroatoms. The SMILES string of the molecule is O=C1C2SC=CC2N(Cc2cccc(F)c2)C(=O)N1c1ccccc1. The molecular weight excluding hydrogens is 339 g/mol. The number of benzene rings is 2. The highest BCUT2D eigenvalue weighted by Crippen LogP contribution is 2.37. The summed E-state index contributed by atoms with van der Waals surface area (Å²) >= 11 is 1.41. The van der Waals surface area contributed by atoms with Crippen molar-refractivity contribution < 1.29 is 14.0 Å². The number of hydrogen-bond donors (Lipinski definition) is 0. The van der Waals surface area contributed by atoms with E-state index in [4.69, 9.17) is 0 Å². The molecule has 0 saturated carbocycles.